The maximum Gasteiger partial charge on any atom is 0.256 e. The first kappa shape index (κ1) is 12.2. The van der Waals surface area contributed by atoms with E-state index in [1.165, 1.54) is 16.7 Å². The lowest BCUT2D eigenvalue weighted by Crippen LogP contribution is -2.05. The third kappa shape index (κ3) is 1.77. The highest BCUT2D eigenvalue weighted by atomic mass is 16.2. The van der Waals surface area contributed by atoms with E-state index in [0.29, 0.717) is 0 Å². The van der Waals surface area contributed by atoms with Crippen LogP contribution in [0.2, 0.25) is 0 Å². The van der Waals surface area contributed by atoms with Gasteiger partial charge in [0.25, 0.3) is 5.91 Å². The Morgan fingerprint density at radius 1 is 1.05 bits per heavy atom. The molecule has 4 rings (SSSR count). The van der Waals surface area contributed by atoms with E-state index < -0.39 is 0 Å². The third-order valence-corrected chi connectivity index (χ3v) is 4.34. The van der Waals surface area contributed by atoms with Gasteiger partial charge < -0.3 is 10.6 Å². The molecule has 0 bridgehead atoms. The van der Waals surface area contributed by atoms with Crippen LogP contribution < -0.4 is 10.6 Å². The third-order valence-electron chi connectivity index (χ3n) is 4.34. The SMILES string of the molecule is CNc1ccc2c(c1)CC/C2=C1/C(=O)Nc2ccccc21. The fourth-order valence-electron chi connectivity index (χ4n) is 3.32. The lowest BCUT2D eigenvalue weighted by Gasteiger charge is -2.07. The van der Waals surface area contributed by atoms with Gasteiger partial charge in [-0.3, -0.25) is 4.79 Å². The smallest absolute Gasteiger partial charge is 0.256 e. The van der Waals surface area contributed by atoms with E-state index in [-0.39, 0.29) is 5.91 Å². The largest absolute Gasteiger partial charge is 0.388 e. The normalized spacial score (nSPS) is 19.2. The molecule has 0 atom stereocenters. The number of aryl methyl sites for hydroxylation is 1. The molecule has 104 valence electrons. The number of hydrogen-bond donors (Lipinski definition) is 2. The Balaban J connectivity index is 1.91. The molecule has 1 amide bonds. The molecule has 2 aromatic carbocycles. The minimum Gasteiger partial charge on any atom is -0.388 e. The Labute approximate surface area is 123 Å². The molecule has 1 aliphatic heterocycles. The van der Waals surface area contributed by atoms with Crippen molar-refractivity contribution in [2.45, 2.75) is 12.8 Å². The summed E-state index contributed by atoms with van der Waals surface area (Å²) < 4.78 is 0. The lowest BCUT2D eigenvalue weighted by atomic mass is 9.96. The number of anilines is 2. The van der Waals surface area contributed by atoms with Crippen LogP contribution in [0.1, 0.15) is 23.1 Å². The summed E-state index contributed by atoms with van der Waals surface area (Å²) in [6.07, 6.45) is 1.93. The van der Waals surface area contributed by atoms with E-state index in [1.54, 1.807) is 0 Å². The number of carbonyl (C=O) groups is 1. The molecule has 0 fully saturated rings. The molecule has 0 saturated heterocycles. The molecule has 21 heavy (non-hydrogen) atoms. The first-order valence-electron chi connectivity index (χ1n) is 7.23. The first-order chi connectivity index (χ1) is 10.3. The van der Waals surface area contributed by atoms with Crippen LogP contribution >= 0.6 is 0 Å². The van der Waals surface area contributed by atoms with Gasteiger partial charge in [-0.1, -0.05) is 24.3 Å². The van der Waals surface area contributed by atoms with Crippen molar-refractivity contribution < 1.29 is 4.79 Å². The average molecular weight is 276 g/mol. The number of hydrogen-bond acceptors (Lipinski definition) is 2. The molecule has 1 aliphatic carbocycles. The van der Waals surface area contributed by atoms with E-state index in [4.69, 9.17) is 0 Å². The summed E-state index contributed by atoms with van der Waals surface area (Å²) in [5.41, 5.74) is 7.64. The molecule has 0 radical (unpaired) electrons. The number of nitrogens with one attached hydrogen (secondary N) is 2. The molecule has 0 spiro atoms. The predicted molar refractivity (Wildman–Crippen MR) is 86.2 cm³/mol. The van der Waals surface area contributed by atoms with Gasteiger partial charge in [0.05, 0.1) is 5.57 Å². The fraction of sp³-hybridized carbons (Fsp3) is 0.167. The van der Waals surface area contributed by atoms with E-state index in [2.05, 4.69) is 28.8 Å². The Kier molecular flexibility index (Phi) is 2.61. The molecule has 3 heteroatoms. The van der Waals surface area contributed by atoms with E-state index in [9.17, 15) is 4.79 Å². The Hall–Kier alpha value is -2.55. The molecular weight excluding hydrogens is 260 g/mol. The van der Waals surface area contributed by atoms with Crippen molar-refractivity contribution in [1.82, 2.24) is 0 Å². The van der Waals surface area contributed by atoms with Gasteiger partial charge in [0.1, 0.15) is 0 Å². The molecule has 1 heterocycles. The molecule has 0 aromatic heterocycles. The molecule has 0 saturated carbocycles. The maximum absolute atomic E-state index is 12.4. The highest BCUT2D eigenvalue weighted by Gasteiger charge is 2.30. The van der Waals surface area contributed by atoms with E-state index >= 15 is 0 Å². The van der Waals surface area contributed by atoms with Crippen LogP contribution in [0.4, 0.5) is 11.4 Å². The van der Waals surface area contributed by atoms with Crippen molar-refractivity contribution in [3.8, 4) is 0 Å². The number of carbonyl (C=O) groups excluding carboxylic acids is 1. The number of benzene rings is 2. The van der Waals surface area contributed by atoms with Gasteiger partial charge in [0.15, 0.2) is 0 Å². The highest BCUT2D eigenvalue weighted by Crippen LogP contribution is 2.43. The molecule has 0 unspecified atom stereocenters. The van der Waals surface area contributed by atoms with Crippen molar-refractivity contribution in [2.75, 3.05) is 17.7 Å². The topological polar surface area (TPSA) is 41.1 Å². The number of amides is 1. The van der Waals surface area contributed by atoms with Gasteiger partial charge in [0, 0.05) is 24.0 Å². The first-order valence-corrected chi connectivity index (χ1v) is 7.23. The minimum atomic E-state index is 0.0248. The summed E-state index contributed by atoms with van der Waals surface area (Å²) in [5.74, 6) is 0.0248. The van der Waals surface area contributed by atoms with Crippen LogP contribution in [0.3, 0.4) is 0 Å². The Morgan fingerprint density at radius 2 is 1.90 bits per heavy atom. The van der Waals surface area contributed by atoms with Crippen molar-refractivity contribution in [2.24, 2.45) is 0 Å². The summed E-state index contributed by atoms with van der Waals surface area (Å²) in [5, 5.41) is 6.14. The second-order valence-electron chi connectivity index (χ2n) is 5.48. The summed E-state index contributed by atoms with van der Waals surface area (Å²) in [6, 6.07) is 14.3. The number of fused-ring (bicyclic) bond motifs is 2. The van der Waals surface area contributed by atoms with Gasteiger partial charge in [0.2, 0.25) is 0 Å². The van der Waals surface area contributed by atoms with Gasteiger partial charge in [-0.15, -0.1) is 0 Å². The second kappa shape index (κ2) is 4.48. The second-order valence-corrected chi connectivity index (χ2v) is 5.48. The van der Waals surface area contributed by atoms with Gasteiger partial charge in [-0.2, -0.15) is 0 Å². The zero-order valence-electron chi connectivity index (χ0n) is 11.9. The van der Waals surface area contributed by atoms with E-state index in [0.717, 1.165) is 35.4 Å². The van der Waals surface area contributed by atoms with Crippen LogP contribution in [0.5, 0.6) is 0 Å². The molecule has 2 aliphatic rings. The Morgan fingerprint density at radius 3 is 2.76 bits per heavy atom. The van der Waals surface area contributed by atoms with Gasteiger partial charge in [-0.05, 0) is 47.7 Å². The molecule has 2 aromatic rings. The standard InChI is InChI=1S/C18H16N2O/c1-19-12-7-9-13-11(10-12)6-8-14(13)17-15-4-2-3-5-16(15)20-18(17)21/h2-5,7,9-10,19H,6,8H2,1H3,(H,20,21)/b17-14-. The van der Waals surface area contributed by atoms with Crippen molar-refractivity contribution in [3.63, 3.8) is 0 Å². The van der Waals surface area contributed by atoms with Gasteiger partial charge in [-0.25, -0.2) is 0 Å². The molecule has 2 N–H and O–H groups in total. The number of rotatable bonds is 1. The summed E-state index contributed by atoms with van der Waals surface area (Å²) in [4.78, 5) is 12.4. The molecule has 3 nitrogen and oxygen atoms in total. The van der Waals surface area contributed by atoms with Crippen LogP contribution in [-0.4, -0.2) is 13.0 Å². The van der Waals surface area contributed by atoms with Crippen LogP contribution in [0.25, 0.3) is 11.1 Å². The fourth-order valence-corrected chi connectivity index (χ4v) is 3.32. The number of para-hydroxylation sites is 1. The zero-order chi connectivity index (χ0) is 14.4. The van der Waals surface area contributed by atoms with Crippen LogP contribution in [-0.2, 0) is 11.2 Å². The highest BCUT2D eigenvalue weighted by molar-refractivity contribution is 6.37. The number of allylic oxidation sites excluding steroid dienone is 1. The van der Waals surface area contributed by atoms with Gasteiger partial charge >= 0.3 is 0 Å². The van der Waals surface area contributed by atoms with Crippen molar-refractivity contribution in [3.05, 3.63) is 59.2 Å². The summed E-state index contributed by atoms with van der Waals surface area (Å²) >= 11 is 0. The van der Waals surface area contributed by atoms with E-state index in [1.807, 2.05) is 31.3 Å². The quantitative estimate of drug-likeness (QED) is 0.782. The summed E-state index contributed by atoms with van der Waals surface area (Å²) in [6.45, 7) is 0. The monoisotopic (exact) mass is 276 g/mol. The molecular formula is C18H16N2O. The average Bonchev–Trinajstić information content (AvgIpc) is 3.06. The van der Waals surface area contributed by atoms with Crippen LogP contribution in [0, 0.1) is 0 Å². The lowest BCUT2D eigenvalue weighted by molar-refractivity contribution is -0.110. The summed E-state index contributed by atoms with van der Waals surface area (Å²) in [7, 11) is 1.93. The van der Waals surface area contributed by atoms with Crippen LogP contribution in [0.15, 0.2) is 42.5 Å². The Bertz CT molecular complexity index is 790. The van der Waals surface area contributed by atoms with Crippen molar-refractivity contribution >= 4 is 28.4 Å². The zero-order valence-corrected chi connectivity index (χ0v) is 11.9. The van der Waals surface area contributed by atoms with Crippen molar-refractivity contribution in [1.29, 1.82) is 0 Å². The minimum absolute atomic E-state index is 0.0248. The maximum atomic E-state index is 12.4. The predicted octanol–water partition coefficient (Wildman–Crippen LogP) is 3.54.